The van der Waals surface area contributed by atoms with Crippen molar-refractivity contribution in [2.75, 3.05) is 13.2 Å². The number of nitrogens with one attached hydrogen (secondary N) is 1. The maximum atomic E-state index is 13.0. The van der Waals surface area contributed by atoms with E-state index in [-0.39, 0.29) is 24.5 Å². The third-order valence-electron chi connectivity index (χ3n) is 5.43. The lowest BCUT2D eigenvalue weighted by atomic mass is 10.1. The summed E-state index contributed by atoms with van der Waals surface area (Å²) in [5, 5.41) is 26.0. The van der Waals surface area contributed by atoms with Gasteiger partial charge in [0.1, 0.15) is 29.8 Å². The molecule has 2 aromatic heterocycles. The van der Waals surface area contributed by atoms with Gasteiger partial charge in [-0.05, 0) is 38.0 Å². The van der Waals surface area contributed by atoms with Crippen molar-refractivity contribution in [2.24, 2.45) is 18.6 Å². The van der Waals surface area contributed by atoms with Gasteiger partial charge < -0.3 is 29.3 Å². The first-order valence-electron chi connectivity index (χ1n) is 12.5. The number of nitrogens with zero attached hydrogens (tertiary/aromatic N) is 4. The Morgan fingerprint density at radius 2 is 1.88 bits per heavy atom. The number of carbonyl (C=O) groups excluding carboxylic acids is 2. The van der Waals surface area contributed by atoms with Crippen molar-refractivity contribution in [3.05, 3.63) is 51.7 Å². The fourth-order valence-electron chi connectivity index (χ4n) is 3.69. The first kappa shape index (κ1) is 33.5. The van der Waals surface area contributed by atoms with Gasteiger partial charge in [-0.15, -0.1) is 5.10 Å². The number of hydrazone groups is 1. The highest BCUT2D eigenvalue weighted by Crippen LogP contribution is 2.16. The van der Waals surface area contributed by atoms with Crippen molar-refractivity contribution >= 4 is 29.4 Å². The largest absolute Gasteiger partial charge is 0.554 e. The number of carboxylic acids is 1. The summed E-state index contributed by atoms with van der Waals surface area (Å²) in [6.07, 6.45) is 0.957. The van der Waals surface area contributed by atoms with Crippen molar-refractivity contribution in [2.45, 2.75) is 52.7 Å². The van der Waals surface area contributed by atoms with E-state index in [0.717, 1.165) is 24.1 Å². The van der Waals surface area contributed by atoms with Gasteiger partial charge in [0.25, 0.3) is 5.56 Å². The van der Waals surface area contributed by atoms with Crippen molar-refractivity contribution in [3.8, 4) is 5.75 Å². The number of aliphatic carboxylic acids is 1. The van der Waals surface area contributed by atoms with Crippen LogP contribution in [0, 0.1) is 6.92 Å². The third-order valence-corrected chi connectivity index (χ3v) is 5.43. The summed E-state index contributed by atoms with van der Waals surface area (Å²) < 4.78 is 14.2. The number of aryl methyl sites for hydroxylation is 3. The molecule has 0 aliphatic carbocycles. The van der Waals surface area contributed by atoms with E-state index in [2.05, 4.69) is 27.8 Å². The smallest absolute Gasteiger partial charge is 0.457 e. The van der Waals surface area contributed by atoms with Crippen LogP contribution in [0.4, 0.5) is 0 Å². The summed E-state index contributed by atoms with van der Waals surface area (Å²) in [5.74, 6) is 5.00. The first-order chi connectivity index (χ1) is 19.0. The molecule has 220 valence electrons. The molecule has 1 atom stereocenters. The quantitative estimate of drug-likeness (QED) is 0.0566. The average Bonchev–Trinajstić information content (AvgIpc) is 3.22. The summed E-state index contributed by atoms with van der Waals surface area (Å²) in [5.41, 5.74) is 10.8. The predicted octanol–water partition coefficient (Wildman–Crippen LogP) is -4.97. The van der Waals surface area contributed by atoms with Crippen molar-refractivity contribution in [3.63, 3.8) is 0 Å². The van der Waals surface area contributed by atoms with Crippen LogP contribution in [0.15, 0.2) is 29.1 Å². The second kappa shape index (κ2) is 17.2. The molecule has 0 bridgehead atoms. The summed E-state index contributed by atoms with van der Waals surface area (Å²) in [6, 6.07) is 7.12. The molecular weight excluding hydrogens is 524 g/mol. The van der Waals surface area contributed by atoms with Crippen LogP contribution in [-0.2, 0) is 40.8 Å². The standard InChI is InChI=1S/C23H30N4O5.CH6N4.CH2O2/c1-5-7-18-20-21(26(4)25-18)22(28)27(15(3)24-20)12-13-32-17-10-8-16(9-11-17)14-19(23(29)30)31-6-2;2-1(3)5-4;2-1-3/h8-11,19H,5-7,12-14H2,1-4H3,(H,29,30);4H2,(H4,2,3,5);1H,(H,2,3)/t19-;;/m0../s1. The van der Waals surface area contributed by atoms with Crippen LogP contribution in [0.1, 0.15) is 37.4 Å². The van der Waals surface area contributed by atoms with E-state index in [1.54, 1.807) is 47.5 Å². The van der Waals surface area contributed by atoms with E-state index in [0.29, 0.717) is 35.8 Å². The van der Waals surface area contributed by atoms with Crippen LogP contribution < -0.4 is 42.9 Å². The van der Waals surface area contributed by atoms with Gasteiger partial charge in [-0.3, -0.25) is 25.6 Å². The summed E-state index contributed by atoms with van der Waals surface area (Å²) >= 11 is 0. The zero-order valence-corrected chi connectivity index (χ0v) is 23.2. The Bertz CT molecular complexity index is 1320. The Balaban J connectivity index is 0.000000884. The number of hydrazine groups is 1. The van der Waals surface area contributed by atoms with Crippen LogP contribution in [0.25, 0.3) is 11.0 Å². The van der Waals surface area contributed by atoms with Gasteiger partial charge in [0, 0.05) is 26.5 Å². The molecule has 0 spiro atoms. The molecule has 0 radical (unpaired) electrons. The molecule has 3 aromatic rings. The highest BCUT2D eigenvalue weighted by atomic mass is 16.5. The van der Waals surface area contributed by atoms with Gasteiger partial charge in [0.15, 0.2) is 5.52 Å². The third kappa shape index (κ3) is 9.99. The van der Waals surface area contributed by atoms with Crippen LogP contribution in [0.2, 0.25) is 0 Å². The molecule has 0 saturated heterocycles. The Morgan fingerprint density at radius 3 is 2.38 bits per heavy atom. The van der Waals surface area contributed by atoms with Gasteiger partial charge in [-0.25, -0.2) is 10.7 Å². The highest BCUT2D eigenvalue weighted by Gasteiger charge is 2.17. The first-order valence-corrected chi connectivity index (χ1v) is 12.5. The highest BCUT2D eigenvalue weighted by molar-refractivity contribution is 5.76. The molecule has 0 aliphatic rings. The average molecular weight is 563 g/mol. The number of benzene rings is 1. The lowest BCUT2D eigenvalue weighted by Crippen LogP contribution is -2.93. The number of hydrogen-bond donors (Lipinski definition) is 4. The SMILES string of the molecule is CCCc1nn(C)c2c(=O)n(CCOc3ccc(C[C@H](OCC)C(=O)[O-])cc3)c(C)nc12.N[NH+]=C(N)[NH3+].O=C[O-]. The normalized spacial score (nSPS) is 11.6. The second-order valence-electron chi connectivity index (χ2n) is 8.36. The Labute approximate surface area is 231 Å². The molecule has 1 aromatic carbocycles. The molecule has 8 N–H and O–H groups in total. The topological polar surface area (TPSA) is 245 Å². The van der Waals surface area contributed by atoms with Gasteiger partial charge in [0.2, 0.25) is 0 Å². The number of aromatic nitrogens is 4. The maximum absolute atomic E-state index is 13.0. The minimum absolute atomic E-state index is 0.131. The number of guanidine groups is 1. The number of ether oxygens (including phenoxy) is 2. The van der Waals surface area contributed by atoms with Crippen molar-refractivity contribution < 1.29 is 40.1 Å². The second-order valence-corrected chi connectivity index (χ2v) is 8.36. The number of fused-ring (bicyclic) bond motifs is 1. The van der Waals surface area contributed by atoms with Gasteiger partial charge in [-0.1, -0.05) is 25.5 Å². The van der Waals surface area contributed by atoms with Gasteiger partial charge in [0.05, 0.1) is 18.2 Å². The van der Waals surface area contributed by atoms with E-state index >= 15 is 0 Å². The number of quaternary nitrogens is 1. The number of carbonyl (C=O) groups is 2. The molecule has 2 heterocycles. The number of rotatable bonds is 11. The predicted molar refractivity (Wildman–Crippen MR) is 141 cm³/mol. The molecule has 15 heteroatoms. The van der Waals surface area contributed by atoms with E-state index in [9.17, 15) is 14.7 Å². The molecular formula is C25H38N8O7. The molecule has 0 unspecified atom stereocenters. The van der Waals surface area contributed by atoms with E-state index < -0.39 is 18.5 Å². The lowest BCUT2D eigenvalue weighted by molar-refractivity contribution is -0.515. The molecule has 0 amide bonds. The monoisotopic (exact) mass is 562 g/mol. The van der Waals surface area contributed by atoms with Crippen molar-refractivity contribution in [1.29, 1.82) is 0 Å². The van der Waals surface area contributed by atoms with E-state index in [4.69, 9.17) is 31.0 Å². The van der Waals surface area contributed by atoms with Crippen LogP contribution >= 0.6 is 0 Å². The number of nitrogens with two attached hydrogens (primary N) is 2. The van der Waals surface area contributed by atoms with E-state index in [1.165, 1.54) is 0 Å². The number of carboxylic acid groups (broad SMARTS) is 2. The summed E-state index contributed by atoms with van der Waals surface area (Å²) in [6.45, 7) is 6.06. The zero-order valence-electron chi connectivity index (χ0n) is 23.2. The summed E-state index contributed by atoms with van der Waals surface area (Å²) in [4.78, 5) is 37.0. The maximum Gasteiger partial charge on any atom is 0.457 e. The molecule has 3 rings (SSSR count). The minimum atomic E-state index is -1.23. The summed E-state index contributed by atoms with van der Waals surface area (Å²) in [7, 11) is 1.76. The molecule has 40 heavy (non-hydrogen) atoms. The Kier molecular flexibility index (Phi) is 14.4. The Hall–Kier alpha value is -4.50. The molecule has 15 nitrogen and oxygen atoms in total. The fourth-order valence-corrected chi connectivity index (χ4v) is 3.69. The lowest BCUT2D eigenvalue weighted by Gasteiger charge is -2.18. The molecule has 0 fully saturated rings. The van der Waals surface area contributed by atoms with Crippen LogP contribution in [0.3, 0.4) is 0 Å². The van der Waals surface area contributed by atoms with Crippen molar-refractivity contribution in [1.82, 2.24) is 19.3 Å². The Morgan fingerprint density at radius 1 is 1.27 bits per heavy atom. The molecule has 0 saturated carbocycles. The van der Waals surface area contributed by atoms with Gasteiger partial charge >= 0.3 is 5.96 Å². The van der Waals surface area contributed by atoms with Crippen LogP contribution in [-0.4, -0.2) is 57.1 Å². The van der Waals surface area contributed by atoms with Gasteiger partial charge in [-0.2, -0.15) is 5.10 Å². The zero-order chi connectivity index (χ0) is 30.2. The fraction of sp³-hybridized carbons (Fsp3) is 0.440. The van der Waals surface area contributed by atoms with Crippen LogP contribution in [0.5, 0.6) is 5.75 Å². The minimum Gasteiger partial charge on any atom is -0.554 e. The molecule has 0 aliphatic heterocycles. The number of hydrogen-bond acceptors (Lipinski definition) is 10. The van der Waals surface area contributed by atoms with E-state index in [1.807, 2.05) is 6.92 Å².